The van der Waals surface area contributed by atoms with Crippen molar-refractivity contribution in [2.45, 2.75) is 12.5 Å². The van der Waals surface area contributed by atoms with Crippen molar-refractivity contribution in [1.29, 1.82) is 0 Å². The number of nitrogens with zero attached hydrogens (tertiary/aromatic N) is 1. The molecule has 1 fully saturated rings. The van der Waals surface area contributed by atoms with Crippen molar-refractivity contribution in [3.05, 3.63) is 70.5 Å². The van der Waals surface area contributed by atoms with Gasteiger partial charge in [-0.2, -0.15) is 0 Å². The summed E-state index contributed by atoms with van der Waals surface area (Å²) in [7, 11) is 0. The number of likely N-dealkylation sites (tertiary alicyclic amines) is 1. The van der Waals surface area contributed by atoms with Crippen LogP contribution in [0.5, 0.6) is 0 Å². The fraction of sp³-hybridized carbons (Fsp3) is 0.278. The first-order chi connectivity index (χ1) is 11.0. The molecule has 2 aromatic carbocycles. The zero-order chi connectivity index (χ0) is 16.4. The number of aliphatic carboxylic acids is 1. The Morgan fingerprint density at radius 2 is 1.96 bits per heavy atom. The smallest absolute Gasteiger partial charge is 0.308 e. The normalized spacial score (nSPS) is 21.5. The fourth-order valence-corrected chi connectivity index (χ4v) is 3.30. The van der Waals surface area contributed by atoms with E-state index in [1.807, 2.05) is 30.3 Å². The molecule has 1 aliphatic heterocycles. The van der Waals surface area contributed by atoms with Gasteiger partial charge in [-0.25, -0.2) is 4.39 Å². The molecule has 3 nitrogen and oxygen atoms in total. The average molecular weight is 334 g/mol. The number of carboxylic acids is 1. The maximum Gasteiger partial charge on any atom is 0.308 e. The van der Waals surface area contributed by atoms with Crippen LogP contribution in [0.1, 0.15) is 17.0 Å². The van der Waals surface area contributed by atoms with Crippen LogP contribution < -0.4 is 0 Å². The summed E-state index contributed by atoms with van der Waals surface area (Å²) < 4.78 is 13.7. The van der Waals surface area contributed by atoms with E-state index in [0.29, 0.717) is 25.2 Å². The lowest BCUT2D eigenvalue weighted by molar-refractivity contribution is -0.141. The molecule has 0 aromatic heterocycles. The Balaban J connectivity index is 1.81. The van der Waals surface area contributed by atoms with E-state index in [-0.39, 0.29) is 10.9 Å². The second-order valence-electron chi connectivity index (χ2n) is 5.90. The highest BCUT2D eigenvalue weighted by Gasteiger charge is 2.38. The minimum Gasteiger partial charge on any atom is -0.481 e. The number of hydrogen-bond donors (Lipinski definition) is 1. The minimum absolute atomic E-state index is 0.0553. The van der Waals surface area contributed by atoms with E-state index in [1.54, 1.807) is 6.07 Å². The molecule has 1 heterocycles. The predicted molar refractivity (Wildman–Crippen MR) is 87.0 cm³/mol. The molecule has 120 valence electrons. The zero-order valence-electron chi connectivity index (χ0n) is 12.5. The first-order valence-corrected chi connectivity index (χ1v) is 7.86. The highest BCUT2D eigenvalue weighted by Crippen LogP contribution is 2.35. The van der Waals surface area contributed by atoms with E-state index >= 15 is 0 Å². The van der Waals surface area contributed by atoms with Gasteiger partial charge in [-0.3, -0.25) is 9.69 Å². The monoisotopic (exact) mass is 333 g/mol. The van der Waals surface area contributed by atoms with E-state index in [9.17, 15) is 14.3 Å². The molecule has 1 N–H and O–H groups in total. The lowest BCUT2D eigenvalue weighted by Gasteiger charge is -2.16. The number of halogens is 2. The Morgan fingerprint density at radius 3 is 2.61 bits per heavy atom. The highest BCUT2D eigenvalue weighted by atomic mass is 35.5. The van der Waals surface area contributed by atoms with Crippen molar-refractivity contribution in [1.82, 2.24) is 4.90 Å². The number of benzene rings is 2. The van der Waals surface area contributed by atoms with Gasteiger partial charge < -0.3 is 5.11 Å². The Bertz CT molecular complexity index is 707. The van der Waals surface area contributed by atoms with Crippen molar-refractivity contribution in [2.24, 2.45) is 5.92 Å². The number of carboxylic acid groups (broad SMARTS) is 1. The molecule has 0 spiro atoms. The summed E-state index contributed by atoms with van der Waals surface area (Å²) in [5, 5.41) is 9.56. The molecular weight excluding hydrogens is 317 g/mol. The third-order valence-electron chi connectivity index (χ3n) is 4.33. The lowest BCUT2D eigenvalue weighted by Crippen LogP contribution is -2.23. The summed E-state index contributed by atoms with van der Waals surface area (Å²) in [6, 6.07) is 14.5. The van der Waals surface area contributed by atoms with Gasteiger partial charge in [0.15, 0.2) is 0 Å². The van der Waals surface area contributed by atoms with E-state index in [1.165, 1.54) is 12.1 Å². The van der Waals surface area contributed by atoms with Gasteiger partial charge in [-0.15, -0.1) is 0 Å². The van der Waals surface area contributed by atoms with Crippen LogP contribution in [0.3, 0.4) is 0 Å². The second kappa shape index (κ2) is 6.69. The number of carbonyl (C=O) groups is 1. The molecule has 0 radical (unpaired) electrons. The van der Waals surface area contributed by atoms with Gasteiger partial charge in [0.25, 0.3) is 0 Å². The molecule has 3 rings (SSSR count). The molecule has 0 amide bonds. The van der Waals surface area contributed by atoms with E-state index in [0.717, 1.165) is 5.56 Å². The first kappa shape index (κ1) is 16.0. The third kappa shape index (κ3) is 3.54. The van der Waals surface area contributed by atoms with Crippen LogP contribution in [0.2, 0.25) is 5.02 Å². The largest absolute Gasteiger partial charge is 0.481 e. The zero-order valence-corrected chi connectivity index (χ0v) is 13.2. The summed E-state index contributed by atoms with van der Waals surface area (Å²) in [5.74, 6) is -2.13. The van der Waals surface area contributed by atoms with Crippen molar-refractivity contribution in [3.63, 3.8) is 0 Å². The second-order valence-corrected chi connectivity index (χ2v) is 6.31. The summed E-state index contributed by atoms with van der Waals surface area (Å²) >= 11 is 5.72. The predicted octanol–water partition coefficient (Wildman–Crippen LogP) is 3.78. The molecule has 23 heavy (non-hydrogen) atoms. The van der Waals surface area contributed by atoms with Crippen LogP contribution in [0, 0.1) is 11.7 Å². The van der Waals surface area contributed by atoms with Crippen molar-refractivity contribution in [3.8, 4) is 0 Å². The number of rotatable bonds is 4. The van der Waals surface area contributed by atoms with Crippen molar-refractivity contribution >= 4 is 17.6 Å². The summed E-state index contributed by atoms with van der Waals surface area (Å²) in [4.78, 5) is 13.7. The molecule has 5 heteroatoms. The van der Waals surface area contributed by atoms with Crippen LogP contribution in [0.15, 0.2) is 48.5 Å². The van der Waals surface area contributed by atoms with Crippen LogP contribution >= 0.6 is 11.6 Å². The fourth-order valence-electron chi connectivity index (χ4n) is 3.19. The highest BCUT2D eigenvalue weighted by molar-refractivity contribution is 6.30. The molecule has 2 unspecified atom stereocenters. The Morgan fingerprint density at radius 1 is 1.22 bits per heavy atom. The standard InChI is InChI=1S/C18H17ClFNO2/c19-16-7-6-13(8-17(16)20)14-10-21(11-15(14)18(22)23)9-12-4-2-1-3-5-12/h1-8,14-15H,9-11H2,(H,22,23). The van der Waals surface area contributed by atoms with Gasteiger partial charge in [0, 0.05) is 25.6 Å². The lowest BCUT2D eigenvalue weighted by atomic mass is 9.89. The Hall–Kier alpha value is -1.91. The quantitative estimate of drug-likeness (QED) is 0.925. The topological polar surface area (TPSA) is 40.5 Å². The minimum atomic E-state index is -0.846. The molecule has 0 saturated carbocycles. The van der Waals surface area contributed by atoms with E-state index < -0.39 is 17.7 Å². The maximum atomic E-state index is 13.7. The maximum absolute atomic E-state index is 13.7. The van der Waals surface area contributed by atoms with Gasteiger partial charge >= 0.3 is 5.97 Å². The molecule has 2 aromatic rings. The van der Waals surface area contributed by atoms with Gasteiger partial charge in [0.2, 0.25) is 0 Å². The van der Waals surface area contributed by atoms with Crippen molar-refractivity contribution in [2.75, 3.05) is 13.1 Å². The summed E-state index contributed by atoms with van der Waals surface area (Å²) in [5.41, 5.74) is 1.83. The van der Waals surface area contributed by atoms with E-state index in [2.05, 4.69) is 4.90 Å². The molecule has 1 aliphatic rings. The Kier molecular flexibility index (Phi) is 4.64. The molecule has 0 aliphatic carbocycles. The van der Waals surface area contributed by atoms with Gasteiger partial charge in [-0.1, -0.05) is 48.0 Å². The van der Waals surface area contributed by atoms with Gasteiger partial charge in [-0.05, 0) is 23.3 Å². The van der Waals surface area contributed by atoms with Crippen molar-refractivity contribution < 1.29 is 14.3 Å². The molecular formula is C18H17ClFNO2. The van der Waals surface area contributed by atoms with Gasteiger partial charge in [0.1, 0.15) is 5.82 Å². The van der Waals surface area contributed by atoms with Crippen LogP contribution in [0.4, 0.5) is 4.39 Å². The van der Waals surface area contributed by atoms with Crippen LogP contribution in [0.25, 0.3) is 0 Å². The summed E-state index contributed by atoms with van der Waals surface area (Å²) in [6.45, 7) is 1.74. The molecule has 1 saturated heterocycles. The SMILES string of the molecule is O=C(O)C1CN(Cc2ccccc2)CC1c1ccc(Cl)c(F)c1. The summed E-state index contributed by atoms with van der Waals surface area (Å²) in [6.07, 6.45) is 0. The van der Waals surface area contributed by atoms with E-state index in [4.69, 9.17) is 11.6 Å². The number of hydrogen-bond acceptors (Lipinski definition) is 2. The molecule has 2 atom stereocenters. The average Bonchev–Trinajstić information content (AvgIpc) is 2.95. The van der Waals surface area contributed by atoms with Gasteiger partial charge in [0.05, 0.1) is 10.9 Å². The van der Waals surface area contributed by atoms with Crippen LogP contribution in [-0.4, -0.2) is 29.1 Å². The molecule has 0 bridgehead atoms. The third-order valence-corrected chi connectivity index (χ3v) is 4.64. The van der Waals surface area contributed by atoms with Crippen LogP contribution in [-0.2, 0) is 11.3 Å². The Labute approximate surface area is 139 Å². The first-order valence-electron chi connectivity index (χ1n) is 7.48.